The fourth-order valence-electron chi connectivity index (χ4n) is 1.80. The fraction of sp³-hybridized carbons (Fsp3) is 0.533. The molecule has 0 unspecified atom stereocenters. The van der Waals surface area contributed by atoms with E-state index in [0.29, 0.717) is 6.54 Å². The molecule has 0 radical (unpaired) electrons. The molecule has 1 aromatic carbocycles. The summed E-state index contributed by atoms with van der Waals surface area (Å²) in [4.78, 5) is 11.7. The van der Waals surface area contributed by atoms with Crippen molar-refractivity contribution in [2.24, 2.45) is 5.41 Å². The number of nitrogens with one attached hydrogen (secondary N) is 1. The number of amides is 1. The van der Waals surface area contributed by atoms with Crippen molar-refractivity contribution in [3.8, 4) is 0 Å². The summed E-state index contributed by atoms with van der Waals surface area (Å²) >= 11 is 5.87. The number of aliphatic hydroxyl groups is 1. The van der Waals surface area contributed by atoms with Gasteiger partial charge in [0.05, 0.1) is 6.42 Å². The standard InChI is InChI=1S/C15H21ClFNO2/c1-15(2,10-19)7-4-8-18-14(20)9-11-12(16)5-3-6-13(11)17/h3,5-6,19H,4,7-10H2,1-2H3,(H,18,20). The topological polar surface area (TPSA) is 49.3 Å². The molecule has 0 atom stereocenters. The second kappa shape index (κ2) is 7.60. The predicted molar refractivity (Wildman–Crippen MR) is 78.2 cm³/mol. The van der Waals surface area contributed by atoms with Crippen molar-refractivity contribution < 1.29 is 14.3 Å². The minimum atomic E-state index is -0.464. The van der Waals surface area contributed by atoms with Crippen molar-refractivity contribution in [3.05, 3.63) is 34.6 Å². The lowest BCUT2D eigenvalue weighted by molar-refractivity contribution is -0.120. The molecule has 112 valence electrons. The van der Waals surface area contributed by atoms with Crippen molar-refractivity contribution in [1.29, 1.82) is 0 Å². The summed E-state index contributed by atoms with van der Waals surface area (Å²) in [5, 5.41) is 12.1. The highest BCUT2D eigenvalue weighted by Gasteiger charge is 2.16. The van der Waals surface area contributed by atoms with Gasteiger partial charge in [-0.25, -0.2) is 4.39 Å². The molecule has 0 spiro atoms. The highest BCUT2D eigenvalue weighted by molar-refractivity contribution is 6.31. The summed E-state index contributed by atoms with van der Waals surface area (Å²) in [7, 11) is 0. The van der Waals surface area contributed by atoms with E-state index in [-0.39, 0.29) is 34.9 Å². The van der Waals surface area contributed by atoms with Crippen LogP contribution in [-0.2, 0) is 11.2 Å². The molecule has 2 N–H and O–H groups in total. The predicted octanol–water partition coefficient (Wildman–Crippen LogP) is 2.94. The van der Waals surface area contributed by atoms with Crippen LogP contribution in [0.15, 0.2) is 18.2 Å². The maximum atomic E-state index is 13.5. The highest BCUT2D eigenvalue weighted by atomic mass is 35.5. The Bertz CT molecular complexity index is 443. The largest absolute Gasteiger partial charge is 0.396 e. The van der Waals surface area contributed by atoms with Crippen LogP contribution in [0.5, 0.6) is 0 Å². The van der Waals surface area contributed by atoms with E-state index in [2.05, 4.69) is 5.32 Å². The Morgan fingerprint density at radius 2 is 2.15 bits per heavy atom. The molecule has 0 aliphatic heterocycles. The van der Waals surface area contributed by atoms with Crippen molar-refractivity contribution in [2.45, 2.75) is 33.1 Å². The molecule has 0 saturated carbocycles. The average Bonchev–Trinajstić information content (AvgIpc) is 2.39. The Morgan fingerprint density at radius 3 is 2.75 bits per heavy atom. The van der Waals surface area contributed by atoms with Crippen molar-refractivity contribution >= 4 is 17.5 Å². The molecule has 5 heteroatoms. The smallest absolute Gasteiger partial charge is 0.224 e. The first-order valence-corrected chi connectivity index (χ1v) is 7.04. The molecule has 0 aromatic heterocycles. The molecular formula is C15H21ClFNO2. The van der Waals surface area contributed by atoms with Gasteiger partial charge in [0.2, 0.25) is 5.91 Å². The zero-order valence-electron chi connectivity index (χ0n) is 11.9. The van der Waals surface area contributed by atoms with Crippen LogP contribution in [0, 0.1) is 11.2 Å². The molecule has 0 aliphatic carbocycles. The average molecular weight is 302 g/mol. The van der Waals surface area contributed by atoms with E-state index in [0.717, 1.165) is 12.8 Å². The van der Waals surface area contributed by atoms with E-state index in [9.17, 15) is 9.18 Å². The minimum Gasteiger partial charge on any atom is -0.396 e. The second-order valence-electron chi connectivity index (χ2n) is 5.65. The molecule has 0 bridgehead atoms. The lowest BCUT2D eigenvalue weighted by atomic mass is 9.89. The summed E-state index contributed by atoms with van der Waals surface area (Å²) in [6.45, 7) is 4.56. The summed E-state index contributed by atoms with van der Waals surface area (Å²) in [6.07, 6.45) is 1.52. The van der Waals surface area contributed by atoms with Gasteiger partial charge in [-0.15, -0.1) is 0 Å². The highest BCUT2D eigenvalue weighted by Crippen LogP contribution is 2.21. The number of carbonyl (C=O) groups excluding carboxylic acids is 1. The van der Waals surface area contributed by atoms with Crippen LogP contribution in [0.2, 0.25) is 5.02 Å². The Labute approximate surface area is 124 Å². The maximum Gasteiger partial charge on any atom is 0.224 e. The molecule has 0 aliphatic rings. The van der Waals surface area contributed by atoms with Crippen LogP contribution in [0.25, 0.3) is 0 Å². The fourth-order valence-corrected chi connectivity index (χ4v) is 2.03. The lowest BCUT2D eigenvalue weighted by Gasteiger charge is -2.21. The molecule has 0 fully saturated rings. The first-order valence-electron chi connectivity index (χ1n) is 6.66. The third kappa shape index (κ3) is 5.47. The number of halogens is 2. The molecule has 0 saturated heterocycles. The SMILES string of the molecule is CC(C)(CO)CCCNC(=O)Cc1c(F)cccc1Cl. The Balaban J connectivity index is 2.38. The van der Waals surface area contributed by atoms with E-state index >= 15 is 0 Å². The summed E-state index contributed by atoms with van der Waals surface area (Å²) < 4.78 is 13.5. The molecule has 20 heavy (non-hydrogen) atoms. The Hall–Kier alpha value is -1.13. The van der Waals surface area contributed by atoms with Gasteiger partial charge < -0.3 is 10.4 Å². The van der Waals surface area contributed by atoms with E-state index in [1.807, 2.05) is 13.8 Å². The maximum absolute atomic E-state index is 13.5. The molecular weight excluding hydrogens is 281 g/mol. The van der Waals surface area contributed by atoms with Crippen LogP contribution in [0.1, 0.15) is 32.3 Å². The van der Waals surface area contributed by atoms with Gasteiger partial charge >= 0.3 is 0 Å². The zero-order valence-corrected chi connectivity index (χ0v) is 12.6. The number of hydrogen-bond acceptors (Lipinski definition) is 2. The van der Waals surface area contributed by atoms with Crippen LogP contribution in [0.4, 0.5) is 4.39 Å². The Kier molecular flexibility index (Phi) is 6.43. The van der Waals surface area contributed by atoms with Crippen molar-refractivity contribution in [2.75, 3.05) is 13.2 Å². The first kappa shape index (κ1) is 16.9. The van der Waals surface area contributed by atoms with Gasteiger partial charge in [0.15, 0.2) is 0 Å². The third-order valence-corrected chi connectivity index (χ3v) is 3.53. The van der Waals surface area contributed by atoms with Crippen LogP contribution < -0.4 is 5.32 Å². The number of carbonyl (C=O) groups is 1. The van der Waals surface area contributed by atoms with Gasteiger partial charge in [-0.05, 0) is 30.4 Å². The van der Waals surface area contributed by atoms with E-state index in [1.54, 1.807) is 6.07 Å². The monoisotopic (exact) mass is 301 g/mol. The van der Waals surface area contributed by atoms with Gasteiger partial charge in [-0.3, -0.25) is 4.79 Å². The van der Waals surface area contributed by atoms with E-state index in [4.69, 9.17) is 16.7 Å². The lowest BCUT2D eigenvalue weighted by Crippen LogP contribution is -2.28. The summed E-state index contributed by atoms with van der Waals surface area (Å²) in [6, 6.07) is 4.37. The number of aliphatic hydroxyl groups excluding tert-OH is 1. The van der Waals surface area contributed by atoms with Crippen LogP contribution >= 0.6 is 11.6 Å². The van der Waals surface area contributed by atoms with Crippen molar-refractivity contribution in [1.82, 2.24) is 5.32 Å². The normalized spacial score (nSPS) is 11.4. The van der Waals surface area contributed by atoms with Crippen LogP contribution in [0.3, 0.4) is 0 Å². The summed E-state index contributed by atoms with van der Waals surface area (Å²) in [5.74, 6) is -0.715. The number of rotatable bonds is 7. The van der Waals surface area contributed by atoms with Crippen molar-refractivity contribution in [3.63, 3.8) is 0 Å². The third-order valence-electron chi connectivity index (χ3n) is 3.18. The quantitative estimate of drug-likeness (QED) is 0.761. The Morgan fingerprint density at radius 1 is 1.45 bits per heavy atom. The number of hydrogen-bond donors (Lipinski definition) is 2. The van der Waals surface area contributed by atoms with Gasteiger partial charge in [0.25, 0.3) is 0 Å². The van der Waals surface area contributed by atoms with Crippen LogP contribution in [-0.4, -0.2) is 24.2 Å². The molecule has 1 aromatic rings. The minimum absolute atomic E-state index is 0.0606. The molecule has 3 nitrogen and oxygen atoms in total. The van der Waals surface area contributed by atoms with Gasteiger partial charge in [0.1, 0.15) is 5.82 Å². The zero-order chi connectivity index (χ0) is 15.2. The van der Waals surface area contributed by atoms with Gasteiger partial charge in [-0.2, -0.15) is 0 Å². The van der Waals surface area contributed by atoms with E-state index < -0.39 is 5.82 Å². The summed E-state index contributed by atoms with van der Waals surface area (Å²) in [5.41, 5.74) is 0.0851. The molecule has 1 rings (SSSR count). The first-order chi connectivity index (χ1) is 9.35. The molecule has 0 heterocycles. The van der Waals surface area contributed by atoms with Gasteiger partial charge in [-0.1, -0.05) is 31.5 Å². The van der Waals surface area contributed by atoms with E-state index in [1.165, 1.54) is 12.1 Å². The molecule has 1 amide bonds. The second-order valence-corrected chi connectivity index (χ2v) is 6.06. The number of benzene rings is 1. The van der Waals surface area contributed by atoms with Gasteiger partial charge in [0, 0.05) is 23.7 Å².